The molecule has 0 aromatic heterocycles. The van der Waals surface area contributed by atoms with Gasteiger partial charge in [0, 0.05) is 22.8 Å². The van der Waals surface area contributed by atoms with Crippen LogP contribution in [-0.4, -0.2) is 52.5 Å². The number of fused-ring (bicyclic) bond motifs is 1. The highest BCUT2D eigenvalue weighted by Crippen LogP contribution is 2.56. The molecule has 2 saturated carbocycles. The van der Waals surface area contributed by atoms with Crippen molar-refractivity contribution < 1.29 is 19.1 Å². The number of hydrogen-bond donors (Lipinski definition) is 2. The molecule has 1 aromatic rings. The lowest BCUT2D eigenvalue weighted by atomic mass is 9.73. The minimum absolute atomic E-state index is 0.0279. The zero-order valence-electron chi connectivity index (χ0n) is 23.1. The summed E-state index contributed by atoms with van der Waals surface area (Å²) >= 11 is 6.14. The maximum Gasteiger partial charge on any atom is 0.246 e. The highest BCUT2D eigenvalue weighted by atomic mass is 35.5. The first-order chi connectivity index (χ1) is 18.7. The molecule has 3 heterocycles. The summed E-state index contributed by atoms with van der Waals surface area (Å²) in [6, 6.07) is 6.26. The van der Waals surface area contributed by atoms with Crippen molar-refractivity contribution in [2.75, 3.05) is 5.32 Å². The van der Waals surface area contributed by atoms with Gasteiger partial charge in [-0.2, -0.15) is 0 Å². The number of nitrogens with zero attached hydrogens (tertiary/aromatic N) is 1. The maximum atomic E-state index is 14.3. The number of anilines is 1. The van der Waals surface area contributed by atoms with Crippen LogP contribution in [0.3, 0.4) is 0 Å². The van der Waals surface area contributed by atoms with Crippen LogP contribution in [0.25, 0.3) is 0 Å². The number of amides is 3. The third-order valence-corrected chi connectivity index (χ3v) is 10.6. The first-order valence-electron chi connectivity index (χ1n) is 14.8. The van der Waals surface area contributed by atoms with Gasteiger partial charge < -0.3 is 20.3 Å². The molecule has 8 atom stereocenters. The number of benzene rings is 1. The number of halogens is 1. The van der Waals surface area contributed by atoms with E-state index in [-0.39, 0.29) is 29.8 Å². The lowest BCUT2D eigenvalue weighted by Gasteiger charge is -2.41. The Morgan fingerprint density at radius 1 is 1.05 bits per heavy atom. The number of ether oxygens (including phenoxy) is 1. The van der Waals surface area contributed by atoms with E-state index >= 15 is 0 Å². The molecule has 39 heavy (non-hydrogen) atoms. The van der Waals surface area contributed by atoms with E-state index < -0.39 is 29.6 Å². The average molecular weight is 554 g/mol. The molecule has 8 unspecified atom stereocenters. The Morgan fingerprint density at radius 2 is 1.82 bits per heavy atom. The fourth-order valence-corrected chi connectivity index (χ4v) is 8.15. The van der Waals surface area contributed by atoms with Crippen molar-refractivity contribution in [2.24, 2.45) is 29.6 Å². The van der Waals surface area contributed by atoms with Crippen molar-refractivity contribution in [3.8, 4) is 0 Å². The van der Waals surface area contributed by atoms with E-state index in [9.17, 15) is 14.4 Å². The summed E-state index contributed by atoms with van der Waals surface area (Å²) in [4.78, 5) is 44.0. The molecular formula is C31H40ClN3O4. The SMILES string of the molecule is CC1CCC(N2C(=O)C3C(C(=O)Nc4cccc(Cl)c4)C4C=CC3(O4)C2C(=O)NC2CCCC(C)C2C)CC1. The molecule has 0 radical (unpaired) electrons. The first-order valence-corrected chi connectivity index (χ1v) is 15.1. The zero-order valence-corrected chi connectivity index (χ0v) is 23.8. The van der Waals surface area contributed by atoms with Gasteiger partial charge in [0.05, 0.1) is 17.9 Å². The molecule has 2 aliphatic carbocycles. The average Bonchev–Trinajstić information content (AvgIpc) is 3.55. The van der Waals surface area contributed by atoms with Crippen molar-refractivity contribution in [1.29, 1.82) is 0 Å². The van der Waals surface area contributed by atoms with Crippen LogP contribution < -0.4 is 10.6 Å². The molecule has 1 aromatic carbocycles. The third kappa shape index (κ3) is 4.50. The first kappa shape index (κ1) is 26.8. The van der Waals surface area contributed by atoms with E-state index in [1.54, 1.807) is 24.3 Å². The molecule has 7 nitrogen and oxygen atoms in total. The van der Waals surface area contributed by atoms with Crippen molar-refractivity contribution >= 4 is 35.0 Å². The van der Waals surface area contributed by atoms with Crippen molar-refractivity contribution in [3.63, 3.8) is 0 Å². The van der Waals surface area contributed by atoms with E-state index in [0.717, 1.165) is 38.5 Å². The minimum Gasteiger partial charge on any atom is -0.359 e. The standard InChI is InChI=1S/C31H40ClN3O4/c1-17-10-12-22(13-11-17)35-27(29(37)34-23-9-4-6-18(2)19(23)3)31-15-14-24(39-31)25(26(31)30(35)38)28(36)33-21-8-5-7-20(32)16-21/h5,7-8,14-19,22-27H,4,6,9-13H2,1-3H3,(H,33,36)(H,34,37). The van der Waals surface area contributed by atoms with Gasteiger partial charge in [-0.05, 0) is 68.1 Å². The topological polar surface area (TPSA) is 87.7 Å². The van der Waals surface area contributed by atoms with Crippen molar-refractivity contribution in [1.82, 2.24) is 10.2 Å². The predicted octanol–water partition coefficient (Wildman–Crippen LogP) is 4.95. The summed E-state index contributed by atoms with van der Waals surface area (Å²) in [7, 11) is 0. The molecule has 5 aliphatic rings. The largest absolute Gasteiger partial charge is 0.359 e. The second-order valence-corrected chi connectivity index (χ2v) is 13.2. The molecule has 6 rings (SSSR count). The Bertz CT molecular complexity index is 1180. The van der Waals surface area contributed by atoms with Crippen LogP contribution in [0.5, 0.6) is 0 Å². The van der Waals surface area contributed by atoms with Crippen molar-refractivity contribution in [2.45, 2.75) is 95.5 Å². The summed E-state index contributed by atoms with van der Waals surface area (Å²) in [5.41, 5.74) is -0.555. The van der Waals surface area contributed by atoms with Crippen LogP contribution in [0.4, 0.5) is 5.69 Å². The van der Waals surface area contributed by atoms with Crippen LogP contribution in [0.1, 0.15) is 65.7 Å². The minimum atomic E-state index is -1.13. The van der Waals surface area contributed by atoms with Gasteiger partial charge in [0.15, 0.2) is 0 Å². The van der Waals surface area contributed by atoms with E-state index in [2.05, 4.69) is 31.4 Å². The fraction of sp³-hybridized carbons (Fsp3) is 0.645. The van der Waals surface area contributed by atoms with Gasteiger partial charge in [0.25, 0.3) is 0 Å². The Labute approximate surface area is 236 Å². The van der Waals surface area contributed by atoms with E-state index in [4.69, 9.17) is 16.3 Å². The maximum absolute atomic E-state index is 14.3. The molecule has 2 N–H and O–H groups in total. The Morgan fingerprint density at radius 3 is 2.56 bits per heavy atom. The summed E-state index contributed by atoms with van der Waals surface area (Å²) in [5.74, 6) is -0.479. The number of nitrogens with one attached hydrogen (secondary N) is 2. The lowest BCUT2D eigenvalue weighted by Crippen LogP contribution is -2.59. The van der Waals surface area contributed by atoms with Gasteiger partial charge in [-0.15, -0.1) is 0 Å². The van der Waals surface area contributed by atoms with Gasteiger partial charge in [0.1, 0.15) is 11.6 Å². The molecule has 1 spiro atoms. The number of likely N-dealkylation sites (tertiary alicyclic amines) is 1. The zero-order chi connectivity index (χ0) is 27.5. The molecule has 2 saturated heterocycles. The normalized spacial score (nSPS) is 41.0. The number of carbonyl (C=O) groups excluding carboxylic acids is 3. The highest BCUT2D eigenvalue weighted by Gasteiger charge is 2.73. The Kier molecular flexibility index (Phi) is 7.03. The van der Waals surface area contributed by atoms with Crippen LogP contribution in [0.2, 0.25) is 5.02 Å². The van der Waals surface area contributed by atoms with Gasteiger partial charge >= 0.3 is 0 Å². The highest BCUT2D eigenvalue weighted by molar-refractivity contribution is 6.30. The Hall–Kier alpha value is -2.38. The summed E-state index contributed by atoms with van der Waals surface area (Å²) in [6.45, 7) is 6.71. The number of carbonyl (C=O) groups is 3. The molecule has 210 valence electrons. The van der Waals surface area contributed by atoms with E-state index in [0.29, 0.717) is 28.5 Å². The second-order valence-electron chi connectivity index (χ2n) is 12.7. The van der Waals surface area contributed by atoms with Gasteiger partial charge in [0.2, 0.25) is 17.7 Å². The smallest absolute Gasteiger partial charge is 0.246 e. The molecule has 3 aliphatic heterocycles. The predicted molar refractivity (Wildman–Crippen MR) is 150 cm³/mol. The molecule has 4 fully saturated rings. The molecule has 3 amide bonds. The van der Waals surface area contributed by atoms with E-state index in [1.165, 1.54) is 6.42 Å². The third-order valence-electron chi connectivity index (χ3n) is 10.4. The van der Waals surface area contributed by atoms with Crippen LogP contribution in [0.15, 0.2) is 36.4 Å². The van der Waals surface area contributed by atoms with Crippen LogP contribution in [0, 0.1) is 29.6 Å². The fourth-order valence-electron chi connectivity index (χ4n) is 7.96. The van der Waals surface area contributed by atoms with Crippen molar-refractivity contribution in [3.05, 3.63) is 41.4 Å². The van der Waals surface area contributed by atoms with Gasteiger partial charge in [-0.3, -0.25) is 14.4 Å². The Balaban J connectivity index is 1.32. The molecule has 2 bridgehead atoms. The quantitative estimate of drug-likeness (QED) is 0.505. The monoisotopic (exact) mass is 553 g/mol. The second kappa shape index (κ2) is 10.2. The van der Waals surface area contributed by atoms with Gasteiger partial charge in [-0.1, -0.05) is 63.4 Å². The van der Waals surface area contributed by atoms with Crippen LogP contribution in [-0.2, 0) is 19.1 Å². The summed E-state index contributed by atoms with van der Waals surface area (Å²) in [5, 5.41) is 6.83. The summed E-state index contributed by atoms with van der Waals surface area (Å²) < 4.78 is 6.54. The molecule has 8 heteroatoms. The van der Waals surface area contributed by atoms with E-state index in [1.807, 2.05) is 17.1 Å². The van der Waals surface area contributed by atoms with Crippen LogP contribution >= 0.6 is 11.6 Å². The number of hydrogen-bond acceptors (Lipinski definition) is 4. The summed E-state index contributed by atoms with van der Waals surface area (Å²) in [6.07, 6.45) is 10.2. The number of rotatable bonds is 5. The lowest BCUT2D eigenvalue weighted by molar-refractivity contribution is -0.145. The van der Waals surface area contributed by atoms with Gasteiger partial charge in [-0.25, -0.2) is 0 Å². The molecular weight excluding hydrogens is 514 g/mol.